The van der Waals surface area contributed by atoms with Crippen molar-refractivity contribution in [3.05, 3.63) is 59.7 Å². The number of likely N-dealkylation sites (N-methyl/N-ethyl adjacent to an activating group) is 1. The first kappa shape index (κ1) is 18.0. The second-order valence-corrected chi connectivity index (χ2v) is 7.37. The van der Waals surface area contributed by atoms with Gasteiger partial charge in [0.1, 0.15) is 11.5 Å². The van der Waals surface area contributed by atoms with Gasteiger partial charge in [-0.15, -0.1) is 0 Å². The molecule has 5 nitrogen and oxygen atoms in total. The molecule has 0 aliphatic carbocycles. The van der Waals surface area contributed by atoms with Gasteiger partial charge in [-0.1, -0.05) is 36.4 Å². The van der Waals surface area contributed by atoms with Gasteiger partial charge in [-0.05, 0) is 32.0 Å². The van der Waals surface area contributed by atoms with Gasteiger partial charge >= 0.3 is 0 Å². The summed E-state index contributed by atoms with van der Waals surface area (Å²) in [5.74, 6) is 1.39. The van der Waals surface area contributed by atoms with E-state index in [-0.39, 0.29) is 18.4 Å². The normalized spacial score (nSPS) is 17.4. The first-order valence-electron chi connectivity index (χ1n) is 9.64. The molecule has 1 fully saturated rings. The van der Waals surface area contributed by atoms with Crippen LogP contribution in [0.5, 0.6) is 11.5 Å². The zero-order chi connectivity index (χ0) is 18.8. The van der Waals surface area contributed by atoms with E-state index in [0.29, 0.717) is 12.6 Å². The van der Waals surface area contributed by atoms with Gasteiger partial charge in [-0.2, -0.15) is 0 Å². The maximum atomic E-state index is 13.5. The van der Waals surface area contributed by atoms with Crippen molar-refractivity contribution in [2.45, 2.75) is 24.8 Å². The van der Waals surface area contributed by atoms with Crippen LogP contribution in [0.1, 0.15) is 29.9 Å². The van der Waals surface area contributed by atoms with Crippen LogP contribution >= 0.6 is 0 Å². The number of piperidine rings is 1. The third-order valence-electron chi connectivity index (χ3n) is 5.78. The third-order valence-corrected chi connectivity index (χ3v) is 5.78. The molecule has 0 saturated carbocycles. The molecule has 0 radical (unpaired) electrons. The number of amides is 1. The van der Waals surface area contributed by atoms with Crippen molar-refractivity contribution >= 4 is 5.91 Å². The van der Waals surface area contributed by atoms with Gasteiger partial charge in [0, 0.05) is 36.8 Å². The first-order chi connectivity index (χ1) is 13.2. The largest absolute Gasteiger partial charge is 0.457 e. The summed E-state index contributed by atoms with van der Waals surface area (Å²) >= 11 is 0. The smallest absolute Gasteiger partial charge is 0.234 e. The second kappa shape index (κ2) is 7.71. The molecular weight excluding hydrogens is 340 g/mol. The molecule has 1 amide bonds. The number of benzene rings is 2. The number of aliphatic hydroxyl groups excluding tert-OH is 1. The third kappa shape index (κ3) is 3.45. The van der Waals surface area contributed by atoms with Gasteiger partial charge in [0.15, 0.2) is 0 Å². The Morgan fingerprint density at radius 3 is 2.19 bits per heavy atom. The monoisotopic (exact) mass is 366 g/mol. The van der Waals surface area contributed by atoms with E-state index in [2.05, 4.69) is 4.90 Å². The van der Waals surface area contributed by atoms with E-state index in [1.807, 2.05) is 60.5 Å². The molecule has 2 aliphatic heterocycles. The fourth-order valence-electron chi connectivity index (χ4n) is 4.23. The Morgan fingerprint density at radius 1 is 1.07 bits per heavy atom. The number of para-hydroxylation sites is 2. The number of rotatable bonds is 4. The van der Waals surface area contributed by atoms with E-state index in [9.17, 15) is 4.79 Å². The zero-order valence-corrected chi connectivity index (χ0v) is 15.7. The van der Waals surface area contributed by atoms with Crippen LogP contribution < -0.4 is 4.74 Å². The predicted molar refractivity (Wildman–Crippen MR) is 104 cm³/mol. The predicted octanol–water partition coefficient (Wildman–Crippen LogP) is 2.84. The molecule has 2 aliphatic rings. The summed E-state index contributed by atoms with van der Waals surface area (Å²) in [6.07, 6.45) is 1.88. The average molecular weight is 366 g/mol. The minimum atomic E-state index is -0.308. The number of nitrogens with zero attached hydrogens (tertiary/aromatic N) is 2. The summed E-state index contributed by atoms with van der Waals surface area (Å²) in [5.41, 5.74) is 1.89. The Bertz CT molecular complexity index is 769. The van der Waals surface area contributed by atoms with Gasteiger partial charge in [0.25, 0.3) is 0 Å². The quantitative estimate of drug-likeness (QED) is 0.904. The van der Waals surface area contributed by atoms with Gasteiger partial charge in [-0.25, -0.2) is 0 Å². The van der Waals surface area contributed by atoms with Crippen LogP contribution in [0.3, 0.4) is 0 Å². The molecular formula is C22H26N2O3. The maximum absolute atomic E-state index is 13.5. The molecule has 27 heavy (non-hydrogen) atoms. The van der Waals surface area contributed by atoms with E-state index in [4.69, 9.17) is 9.84 Å². The lowest BCUT2D eigenvalue weighted by atomic mass is 9.86. The summed E-state index contributed by atoms with van der Waals surface area (Å²) in [5, 5.41) is 9.15. The summed E-state index contributed by atoms with van der Waals surface area (Å²) in [7, 11) is 2.04. The number of carbonyl (C=O) groups is 1. The number of hydrogen-bond donors (Lipinski definition) is 1. The van der Waals surface area contributed by atoms with Crippen molar-refractivity contribution in [1.82, 2.24) is 9.80 Å². The minimum absolute atomic E-state index is 0.154. The number of hydrogen-bond acceptors (Lipinski definition) is 4. The fraction of sp³-hybridized carbons (Fsp3) is 0.409. The first-order valence-corrected chi connectivity index (χ1v) is 9.64. The molecule has 2 aromatic carbocycles. The molecule has 1 saturated heterocycles. The van der Waals surface area contributed by atoms with Gasteiger partial charge < -0.3 is 19.6 Å². The number of aliphatic hydroxyl groups is 1. The van der Waals surface area contributed by atoms with Crippen molar-refractivity contribution < 1.29 is 14.6 Å². The number of fused-ring (bicyclic) bond motifs is 2. The lowest BCUT2D eigenvalue weighted by Gasteiger charge is -2.39. The molecule has 2 heterocycles. The lowest BCUT2D eigenvalue weighted by molar-refractivity contribution is -0.133. The Labute approximate surface area is 160 Å². The van der Waals surface area contributed by atoms with Crippen LogP contribution in [0.2, 0.25) is 0 Å². The maximum Gasteiger partial charge on any atom is 0.234 e. The van der Waals surface area contributed by atoms with Crippen LogP contribution in [0.15, 0.2) is 48.5 Å². The van der Waals surface area contributed by atoms with Crippen LogP contribution in [0.4, 0.5) is 0 Å². The second-order valence-electron chi connectivity index (χ2n) is 7.37. The molecule has 0 aromatic heterocycles. The Morgan fingerprint density at radius 2 is 1.63 bits per heavy atom. The Kier molecular flexibility index (Phi) is 5.14. The molecule has 2 aromatic rings. The van der Waals surface area contributed by atoms with Gasteiger partial charge in [-0.3, -0.25) is 4.79 Å². The number of ether oxygens (including phenoxy) is 1. The number of carbonyl (C=O) groups excluding carboxylic acids is 1. The molecule has 0 bridgehead atoms. The van der Waals surface area contributed by atoms with E-state index >= 15 is 0 Å². The van der Waals surface area contributed by atoms with Crippen molar-refractivity contribution in [2.24, 2.45) is 0 Å². The Hall–Kier alpha value is -2.37. The van der Waals surface area contributed by atoms with Crippen molar-refractivity contribution in [3.8, 4) is 11.5 Å². The highest BCUT2D eigenvalue weighted by atomic mass is 16.5. The van der Waals surface area contributed by atoms with E-state index in [1.165, 1.54) is 0 Å². The summed E-state index contributed by atoms with van der Waals surface area (Å²) in [6.45, 7) is 2.35. The summed E-state index contributed by atoms with van der Waals surface area (Å²) in [6, 6.07) is 16.1. The molecule has 5 heteroatoms. The van der Waals surface area contributed by atoms with E-state index in [0.717, 1.165) is 48.6 Å². The van der Waals surface area contributed by atoms with Gasteiger partial charge in [0.05, 0.1) is 12.5 Å². The topological polar surface area (TPSA) is 53.0 Å². The van der Waals surface area contributed by atoms with Crippen molar-refractivity contribution in [1.29, 1.82) is 0 Å². The number of likely N-dealkylation sites (tertiary alicyclic amines) is 1. The molecule has 0 spiro atoms. The molecule has 0 unspecified atom stereocenters. The van der Waals surface area contributed by atoms with Crippen LogP contribution in [-0.2, 0) is 4.79 Å². The SMILES string of the molecule is CN(CCO)C1CCN(C(=O)C2c3ccccc3Oc3ccccc32)CC1. The minimum Gasteiger partial charge on any atom is -0.457 e. The lowest BCUT2D eigenvalue weighted by Crippen LogP contribution is -2.47. The summed E-state index contributed by atoms with van der Waals surface area (Å²) < 4.78 is 6.02. The van der Waals surface area contributed by atoms with Gasteiger partial charge in [0.2, 0.25) is 5.91 Å². The van der Waals surface area contributed by atoms with E-state index < -0.39 is 0 Å². The van der Waals surface area contributed by atoms with Crippen molar-refractivity contribution in [3.63, 3.8) is 0 Å². The Balaban J connectivity index is 1.56. The highest BCUT2D eigenvalue weighted by Crippen LogP contribution is 2.44. The standard InChI is InChI=1S/C22H26N2O3/c1-23(14-15-25)16-10-12-24(13-11-16)22(26)21-17-6-2-4-8-19(17)27-20-9-5-3-7-18(20)21/h2-9,16,21,25H,10-15H2,1H3. The molecule has 142 valence electrons. The summed E-state index contributed by atoms with van der Waals surface area (Å²) in [4.78, 5) is 17.7. The molecule has 4 rings (SSSR count). The molecule has 1 N–H and O–H groups in total. The van der Waals surface area contributed by atoms with Crippen LogP contribution in [-0.4, -0.2) is 60.1 Å². The highest BCUT2D eigenvalue weighted by Gasteiger charge is 2.36. The zero-order valence-electron chi connectivity index (χ0n) is 15.7. The van der Waals surface area contributed by atoms with Crippen LogP contribution in [0, 0.1) is 0 Å². The highest BCUT2D eigenvalue weighted by molar-refractivity contribution is 5.89. The van der Waals surface area contributed by atoms with Crippen molar-refractivity contribution in [2.75, 3.05) is 33.3 Å². The molecule has 0 atom stereocenters. The fourth-order valence-corrected chi connectivity index (χ4v) is 4.23. The van der Waals surface area contributed by atoms with E-state index in [1.54, 1.807) is 0 Å². The average Bonchev–Trinajstić information content (AvgIpc) is 2.72. The van der Waals surface area contributed by atoms with Crippen LogP contribution in [0.25, 0.3) is 0 Å².